The van der Waals surface area contributed by atoms with Crippen LogP contribution in [0.2, 0.25) is 0 Å². The Morgan fingerprint density at radius 2 is 0.688 bits per heavy atom. The molecule has 9 heteroatoms. The topological polar surface area (TPSA) is 181 Å². The predicted octanol–water partition coefficient (Wildman–Crippen LogP) is -0.703. The highest BCUT2D eigenvalue weighted by molar-refractivity contribution is 5.69. The average Bonchev–Trinajstić information content (AvgIpc) is 1.76. The maximum Gasteiger partial charge on any atom is 0.309 e. The first-order valence-corrected chi connectivity index (χ1v) is 3.56. The molecule has 0 aliphatic carbocycles. The van der Waals surface area contributed by atoms with Crippen molar-refractivity contribution in [3.8, 4) is 0 Å². The number of nitrogens with two attached hydrogens (primary N) is 2. The zero-order chi connectivity index (χ0) is 14.3. The summed E-state index contributed by atoms with van der Waals surface area (Å²) in [5, 5.41) is 22.2. The molecule has 9 nitrogen and oxygen atoms in total. The van der Waals surface area contributed by atoms with Gasteiger partial charge in [0.25, 0.3) is 17.9 Å². The minimum absolute atomic E-state index is 0.833. The lowest BCUT2D eigenvalue weighted by Crippen LogP contribution is -2.18. The van der Waals surface area contributed by atoms with Crippen LogP contribution in [0.3, 0.4) is 0 Å². The molecule has 7 N–H and O–H groups in total. The maximum absolute atomic E-state index is 9.00. The highest BCUT2D eigenvalue weighted by Crippen LogP contribution is 1.42. The Morgan fingerprint density at radius 1 is 0.688 bits per heavy atom. The third-order valence-electron chi connectivity index (χ3n) is 0. The average molecular weight is 240 g/mol. The van der Waals surface area contributed by atoms with Gasteiger partial charge in [-0.1, -0.05) is 0 Å². The molecule has 0 spiro atoms. The van der Waals surface area contributed by atoms with E-state index >= 15 is 0 Å². The van der Waals surface area contributed by atoms with E-state index in [9.17, 15) is 0 Å². The molecule has 0 aromatic rings. The van der Waals surface area contributed by atoms with Crippen molar-refractivity contribution >= 4 is 23.9 Å². The molecule has 0 saturated heterocycles. The number of hydrogen-bond acceptors (Lipinski definition) is 4. The Bertz CT molecular complexity index is 163. The fraction of sp³-hybridized carbons (Fsp3) is 0.429. The SMILES string of the molecule is CC(=O)O.CC(=O)O.CC(=O)O.NC(N)=O. The largest absolute Gasteiger partial charge is 0.481 e. The molecule has 0 fully saturated rings. The van der Waals surface area contributed by atoms with E-state index in [-0.39, 0.29) is 0 Å². The third-order valence-corrected chi connectivity index (χ3v) is 0. The van der Waals surface area contributed by atoms with Crippen LogP contribution in [0.5, 0.6) is 0 Å². The smallest absolute Gasteiger partial charge is 0.309 e. The van der Waals surface area contributed by atoms with Crippen LogP contribution in [-0.2, 0) is 14.4 Å². The molecule has 0 aliphatic rings. The summed E-state index contributed by atoms with van der Waals surface area (Å²) >= 11 is 0. The van der Waals surface area contributed by atoms with E-state index in [4.69, 9.17) is 34.5 Å². The van der Waals surface area contributed by atoms with E-state index in [2.05, 4.69) is 11.5 Å². The standard InChI is InChI=1S/3C2H4O2.CH4N2O/c3*1-2(3)4;2-1(3)4/h3*1H3,(H,3,4);(H4,2,3,4). The zero-order valence-corrected chi connectivity index (χ0v) is 9.13. The minimum atomic E-state index is -0.833. The molecule has 16 heavy (non-hydrogen) atoms. The van der Waals surface area contributed by atoms with Crippen molar-refractivity contribution in [1.82, 2.24) is 0 Å². The van der Waals surface area contributed by atoms with Gasteiger partial charge in [0, 0.05) is 20.8 Å². The second-order valence-corrected chi connectivity index (χ2v) is 1.96. The molecule has 0 bridgehead atoms. The van der Waals surface area contributed by atoms with E-state index in [0.29, 0.717) is 0 Å². The van der Waals surface area contributed by atoms with Crippen LogP contribution in [0.25, 0.3) is 0 Å². The highest BCUT2D eigenvalue weighted by Gasteiger charge is 1.66. The lowest BCUT2D eigenvalue weighted by molar-refractivity contribution is -0.135. The number of rotatable bonds is 0. The molecule has 0 aliphatic heterocycles. The Balaban J connectivity index is -0.0000000600. The Hall–Kier alpha value is -2.32. The summed E-state index contributed by atoms with van der Waals surface area (Å²) in [7, 11) is 0. The van der Waals surface area contributed by atoms with Gasteiger partial charge in [-0.3, -0.25) is 14.4 Å². The van der Waals surface area contributed by atoms with Crippen LogP contribution in [0.1, 0.15) is 20.8 Å². The van der Waals surface area contributed by atoms with Crippen molar-refractivity contribution < 1.29 is 34.5 Å². The van der Waals surface area contributed by atoms with E-state index in [1.807, 2.05) is 0 Å². The number of urea groups is 1. The van der Waals surface area contributed by atoms with Gasteiger partial charge in [0.2, 0.25) is 0 Å². The molecular weight excluding hydrogens is 224 g/mol. The number of primary amides is 2. The van der Waals surface area contributed by atoms with Gasteiger partial charge in [0.15, 0.2) is 0 Å². The van der Waals surface area contributed by atoms with Crippen molar-refractivity contribution in [3.63, 3.8) is 0 Å². The molecular formula is C7H16N2O7. The second kappa shape index (κ2) is 18.5. The molecule has 0 radical (unpaired) electrons. The minimum Gasteiger partial charge on any atom is -0.481 e. The monoisotopic (exact) mass is 240 g/mol. The van der Waals surface area contributed by atoms with Crippen LogP contribution in [0.4, 0.5) is 4.79 Å². The fourth-order valence-corrected chi connectivity index (χ4v) is 0. The number of carboxylic acids is 3. The lowest BCUT2D eigenvalue weighted by atomic mass is 10.9. The predicted molar refractivity (Wildman–Crippen MR) is 53.7 cm³/mol. The van der Waals surface area contributed by atoms with Crippen LogP contribution in [-0.4, -0.2) is 39.3 Å². The maximum atomic E-state index is 9.00. The van der Waals surface area contributed by atoms with Crippen molar-refractivity contribution in [3.05, 3.63) is 0 Å². The van der Waals surface area contributed by atoms with Gasteiger partial charge < -0.3 is 26.8 Å². The number of carbonyl (C=O) groups is 4. The van der Waals surface area contributed by atoms with Gasteiger partial charge >= 0.3 is 6.03 Å². The number of carboxylic acid groups (broad SMARTS) is 3. The Morgan fingerprint density at radius 3 is 0.688 bits per heavy atom. The molecule has 0 aromatic carbocycles. The van der Waals surface area contributed by atoms with E-state index < -0.39 is 23.9 Å². The zero-order valence-electron chi connectivity index (χ0n) is 9.13. The van der Waals surface area contributed by atoms with Gasteiger partial charge in [-0.05, 0) is 0 Å². The van der Waals surface area contributed by atoms with Crippen LogP contribution in [0.15, 0.2) is 0 Å². The first kappa shape index (κ1) is 23.5. The van der Waals surface area contributed by atoms with E-state index in [0.717, 1.165) is 20.8 Å². The van der Waals surface area contributed by atoms with Gasteiger partial charge in [-0.15, -0.1) is 0 Å². The molecule has 2 amide bonds. The first-order chi connectivity index (χ1) is 6.93. The van der Waals surface area contributed by atoms with Gasteiger partial charge in [-0.2, -0.15) is 0 Å². The molecule has 0 aromatic heterocycles. The lowest BCUT2D eigenvalue weighted by Gasteiger charge is -1.62. The van der Waals surface area contributed by atoms with Crippen molar-refractivity contribution in [2.45, 2.75) is 20.8 Å². The first-order valence-electron chi connectivity index (χ1n) is 3.56. The Kier molecular flexibility index (Phi) is 27.1. The summed E-state index contributed by atoms with van der Waals surface area (Å²) in [5.41, 5.74) is 8.50. The highest BCUT2D eigenvalue weighted by atomic mass is 16.4. The molecule has 96 valence electrons. The van der Waals surface area contributed by atoms with E-state index in [1.54, 1.807) is 0 Å². The normalized spacial score (nSPS) is 6.19. The summed E-state index contributed by atoms with van der Waals surface area (Å²) in [6.07, 6.45) is 0. The van der Waals surface area contributed by atoms with Crippen LogP contribution < -0.4 is 11.5 Å². The molecule has 0 heterocycles. The fourth-order valence-electron chi connectivity index (χ4n) is 0. The second-order valence-electron chi connectivity index (χ2n) is 1.96. The van der Waals surface area contributed by atoms with Gasteiger partial charge in [0.1, 0.15) is 0 Å². The summed E-state index contributed by atoms with van der Waals surface area (Å²) in [5.74, 6) is -2.50. The number of amides is 2. The van der Waals surface area contributed by atoms with Gasteiger partial charge in [-0.25, -0.2) is 4.79 Å². The quantitative estimate of drug-likeness (QED) is 0.370. The summed E-state index contributed by atoms with van der Waals surface area (Å²) in [6, 6.07) is -0.833. The number of carbonyl (C=O) groups excluding carboxylic acids is 1. The van der Waals surface area contributed by atoms with Crippen molar-refractivity contribution in [2.24, 2.45) is 11.5 Å². The van der Waals surface area contributed by atoms with Crippen LogP contribution in [0, 0.1) is 0 Å². The molecule has 0 rings (SSSR count). The molecule has 0 saturated carbocycles. The molecule has 0 atom stereocenters. The molecule has 0 unspecified atom stereocenters. The van der Waals surface area contributed by atoms with Crippen molar-refractivity contribution in [1.29, 1.82) is 0 Å². The van der Waals surface area contributed by atoms with E-state index in [1.165, 1.54) is 0 Å². The third kappa shape index (κ3) is 248. The van der Waals surface area contributed by atoms with Crippen molar-refractivity contribution in [2.75, 3.05) is 0 Å². The van der Waals surface area contributed by atoms with Gasteiger partial charge in [0.05, 0.1) is 0 Å². The number of hydrogen-bond donors (Lipinski definition) is 5. The summed E-state index contributed by atoms with van der Waals surface area (Å²) in [6.45, 7) is 3.25. The summed E-state index contributed by atoms with van der Waals surface area (Å²) in [4.78, 5) is 36.0. The summed E-state index contributed by atoms with van der Waals surface area (Å²) < 4.78 is 0. The number of aliphatic carboxylic acids is 3. The Labute approximate surface area is 91.7 Å². The van der Waals surface area contributed by atoms with Crippen LogP contribution >= 0.6 is 0 Å².